The molecule has 1 aromatic heterocycles. The lowest BCUT2D eigenvalue weighted by Gasteiger charge is -2.15. The number of unbranched alkanes of at least 4 members (excludes halogenated alkanes) is 1. The van der Waals surface area contributed by atoms with E-state index in [2.05, 4.69) is 52.1 Å². The molecule has 1 fully saturated rings. The van der Waals surface area contributed by atoms with Crippen molar-refractivity contribution in [2.24, 2.45) is 0 Å². The molecule has 0 radical (unpaired) electrons. The molecule has 0 saturated carbocycles. The van der Waals surface area contributed by atoms with Gasteiger partial charge in [-0.2, -0.15) is 0 Å². The van der Waals surface area contributed by atoms with Crippen LogP contribution in [-0.4, -0.2) is 51.1 Å². The third-order valence-corrected chi connectivity index (χ3v) is 7.63. The van der Waals surface area contributed by atoms with Crippen molar-refractivity contribution in [2.75, 3.05) is 25.4 Å². The number of nitrogens with two attached hydrogens (primary N) is 1. The zero-order valence-electron chi connectivity index (χ0n) is 22.4. The fourth-order valence-electron chi connectivity index (χ4n) is 4.87. The molecule has 2 amide bonds. The number of nitrogen functional groups attached to an aromatic ring is 1. The van der Waals surface area contributed by atoms with Crippen LogP contribution in [-0.2, 0) is 21.8 Å². The molecule has 2 heterocycles. The predicted octanol–water partition coefficient (Wildman–Crippen LogP) is 4.60. The van der Waals surface area contributed by atoms with Crippen molar-refractivity contribution in [3.8, 4) is 5.69 Å². The maximum Gasteiger partial charge on any atom is 0.222 e. The Kier molecular flexibility index (Phi) is 9.81. The monoisotopic (exact) mass is 534 g/mol. The van der Waals surface area contributed by atoms with Crippen LogP contribution in [0.3, 0.4) is 0 Å². The second-order valence-corrected chi connectivity index (χ2v) is 11.0. The Morgan fingerprint density at radius 1 is 1.08 bits per heavy atom. The molecule has 38 heavy (non-hydrogen) atoms. The number of hydrogen-bond acceptors (Lipinski definition) is 6. The normalized spacial score (nSPS) is 13.3. The number of carbonyl (C=O) groups is 2. The summed E-state index contributed by atoms with van der Waals surface area (Å²) in [6, 6.07) is 14.4. The fraction of sp³-hybridized carbons (Fsp3) is 0.448. The van der Waals surface area contributed by atoms with Crippen LogP contribution in [0.4, 0.5) is 5.69 Å². The van der Waals surface area contributed by atoms with E-state index in [1.54, 1.807) is 11.8 Å². The molecule has 0 aliphatic carbocycles. The minimum Gasteiger partial charge on any atom is -0.399 e. The van der Waals surface area contributed by atoms with E-state index < -0.39 is 0 Å². The van der Waals surface area contributed by atoms with E-state index in [1.165, 1.54) is 16.7 Å². The molecule has 8 nitrogen and oxygen atoms in total. The molecule has 4 rings (SSSR count). The number of likely N-dealkylation sites (tertiary alicyclic amines) is 1. The fourth-order valence-corrected chi connectivity index (χ4v) is 5.78. The maximum atomic E-state index is 12.3. The second-order valence-electron chi connectivity index (χ2n) is 10.0. The Hall–Kier alpha value is -3.33. The van der Waals surface area contributed by atoms with Crippen LogP contribution in [0.5, 0.6) is 0 Å². The molecule has 1 aliphatic rings. The Morgan fingerprint density at radius 2 is 1.89 bits per heavy atom. The molecule has 202 valence electrons. The molecule has 0 spiro atoms. The molecular formula is C29H38N6O2S. The van der Waals surface area contributed by atoms with Crippen molar-refractivity contribution in [2.45, 2.75) is 69.7 Å². The lowest BCUT2D eigenvalue weighted by molar-refractivity contribution is -0.127. The number of carbonyl (C=O) groups excluding carboxylic acids is 2. The molecule has 1 aliphatic heterocycles. The average Bonchev–Trinajstić information content (AvgIpc) is 3.48. The number of amides is 2. The minimum atomic E-state index is 0.0553. The summed E-state index contributed by atoms with van der Waals surface area (Å²) >= 11 is 1.66. The number of hydrogen-bond donors (Lipinski definition) is 2. The quantitative estimate of drug-likeness (QED) is 0.189. The van der Waals surface area contributed by atoms with Gasteiger partial charge in [-0.3, -0.25) is 14.2 Å². The maximum absolute atomic E-state index is 12.3. The number of rotatable bonds is 13. The third-order valence-electron chi connectivity index (χ3n) is 6.63. The van der Waals surface area contributed by atoms with Gasteiger partial charge in [0.05, 0.1) is 5.69 Å². The molecule has 9 heteroatoms. The number of anilines is 1. The molecular weight excluding hydrogens is 496 g/mol. The first-order valence-corrected chi connectivity index (χ1v) is 14.4. The van der Waals surface area contributed by atoms with Crippen molar-refractivity contribution in [3.63, 3.8) is 0 Å². The zero-order valence-corrected chi connectivity index (χ0v) is 23.2. The van der Waals surface area contributed by atoms with Gasteiger partial charge in [-0.1, -0.05) is 47.2 Å². The van der Waals surface area contributed by atoms with Gasteiger partial charge in [-0.05, 0) is 63.3 Å². The van der Waals surface area contributed by atoms with Crippen LogP contribution in [0.25, 0.3) is 5.69 Å². The summed E-state index contributed by atoms with van der Waals surface area (Å²) in [5.74, 6) is 1.96. The Bertz CT molecular complexity index is 1240. The molecule has 1 saturated heterocycles. The summed E-state index contributed by atoms with van der Waals surface area (Å²) in [5, 5.41) is 12.8. The van der Waals surface area contributed by atoms with Gasteiger partial charge in [0, 0.05) is 50.3 Å². The van der Waals surface area contributed by atoms with E-state index >= 15 is 0 Å². The Balaban J connectivity index is 1.30. The van der Waals surface area contributed by atoms with E-state index in [0.717, 1.165) is 67.6 Å². The van der Waals surface area contributed by atoms with Gasteiger partial charge in [0.25, 0.3) is 0 Å². The average molecular weight is 535 g/mol. The number of aryl methyl sites for hydroxylation is 3. The summed E-state index contributed by atoms with van der Waals surface area (Å²) in [6.45, 7) is 6.41. The van der Waals surface area contributed by atoms with Gasteiger partial charge >= 0.3 is 0 Å². The highest BCUT2D eigenvalue weighted by Crippen LogP contribution is 2.27. The zero-order chi connectivity index (χ0) is 26.9. The van der Waals surface area contributed by atoms with E-state index in [0.29, 0.717) is 25.1 Å². The van der Waals surface area contributed by atoms with Crippen LogP contribution in [0.15, 0.2) is 47.6 Å². The van der Waals surface area contributed by atoms with Gasteiger partial charge in [-0.15, -0.1) is 10.2 Å². The highest BCUT2D eigenvalue weighted by molar-refractivity contribution is 7.98. The van der Waals surface area contributed by atoms with Crippen LogP contribution in [0.2, 0.25) is 0 Å². The smallest absolute Gasteiger partial charge is 0.222 e. The van der Waals surface area contributed by atoms with Crippen molar-refractivity contribution < 1.29 is 9.59 Å². The van der Waals surface area contributed by atoms with E-state index in [9.17, 15) is 9.59 Å². The topological polar surface area (TPSA) is 106 Å². The van der Waals surface area contributed by atoms with E-state index in [4.69, 9.17) is 5.73 Å². The third kappa shape index (κ3) is 7.84. The van der Waals surface area contributed by atoms with Gasteiger partial charge in [0.2, 0.25) is 11.8 Å². The first kappa shape index (κ1) is 27.7. The van der Waals surface area contributed by atoms with Gasteiger partial charge in [0.1, 0.15) is 5.82 Å². The van der Waals surface area contributed by atoms with E-state index in [1.807, 2.05) is 29.2 Å². The van der Waals surface area contributed by atoms with Crippen molar-refractivity contribution in [3.05, 3.63) is 65.0 Å². The van der Waals surface area contributed by atoms with Crippen molar-refractivity contribution in [1.82, 2.24) is 25.0 Å². The molecule has 3 aromatic rings. The van der Waals surface area contributed by atoms with Crippen LogP contribution < -0.4 is 11.1 Å². The van der Waals surface area contributed by atoms with Gasteiger partial charge < -0.3 is 16.0 Å². The van der Waals surface area contributed by atoms with Crippen LogP contribution >= 0.6 is 11.8 Å². The van der Waals surface area contributed by atoms with Crippen LogP contribution in [0, 0.1) is 13.8 Å². The Labute approximate surface area is 229 Å². The minimum absolute atomic E-state index is 0.0553. The molecule has 3 N–H and O–H groups in total. The van der Waals surface area contributed by atoms with Crippen LogP contribution in [0.1, 0.15) is 61.0 Å². The number of nitrogens with zero attached hydrogens (tertiary/aromatic N) is 4. The molecule has 2 aromatic carbocycles. The largest absolute Gasteiger partial charge is 0.399 e. The SMILES string of the molecule is Cc1cc(C)cc(CSc2nnc(CCCCC(=O)NCCCN3CCCC3=O)n2-c2cccc(N)c2)c1. The predicted molar refractivity (Wildman–Crippen MR) is 152 cm³/mol. The summed E-state index contributed by atoms with van der Waals surface area (Å²) in [6.07, 6.45) is 5.19. The van der Waals surface area contributed by atoms with E-state index in [-0.39, 0.29) is 11.8 Å². The standard InChI is InChI=1S/C29H38N6O2S/c1-21-16-22(2)18-23(17-21)20-38-29-33-32-26(35(29)25-9-5-8-24(30)19-25)10-3-4-11-27(36)31-13-7-15-34-14-6-12-28(34)37/h5,8-9,16-19H,3-4,6-7,10-15,20,30H2,1-2H3,(H,31,36). The first-order valence-electron chi connectivity index (χ1n) is 13.4. The molecule has 0 unspecified atom stereocenters. The lowest BCUT2D eigenvalue weighted by Crippen LogP contribution is -2.30. The number of benzene rings is 2. The number of nitrogens with one attached hydrogen (secondary N) is 1. The highest BCUT2D eigenvalue weighted by Gasteiger charge is 2.19. The van der Waals surface area contributed by atoms with Crippen molar-refractivity contribution >= 4 is 29.3 Å². The summed E-state index contributed by atoms with van der Waals surface area (Å²) in [5.41, 5.74) is 11.5. The molecule has 0 bridgehead atoms. The second kappa shape index (κ2) is 13.5. The first-order chi connectivity index (χ1) is 18.4. The highest BCUT2D eigenvalue weighted by atomic mass is 32.2. The van der Waals surface area contributed by atoms with Gasteiger partial charge in [0.15, 0.2) is 5.16 Å². The number of thioether (sulfide) groups is 1. The summed E-state index contributed by atoms with van der Waals surface area (Å²) < 4.78 is 2.09. The van der Waals surface area contributed by atoms with Gasteiger partial charge in [-0.25, -0.2) is 0 Å². The lowest BCUT2D eigenvalue weighted by atomic mass is 10.1. The number of aromatic nitrogens is 3. The Morgan fingerprint density at radius 3 is 2.63 bits per heavy atom. The van der Waals surface area contributed by atoms with Crippen molar-refractivity contribution in [1.29, 1.82) is 0 Å². The molecule has 0 atom stereocenters. The summed E-state index contributed by atoms with van der Waals surface area (Å²) in [7, 11) is 0. The summed E-state index contributed by atoms with van der Waals surface area (Å²) in [4.78, 5) is 25.8.